The van der Waals surface area contributed by atoms with E-state index >= 15 is 0 Å². The summed E-state index contributed by atoms with van der Waals surface area (Å²) in [5.74, 6) is -2.75. The molecule has 1 aromatic carbocycles. The number of nitrogens with two attached hydrogens (primary N) is 1. The highest BCUT2D eigenvalue weighted by atomic mass is 16.5. The lowest BCUT2D eigenvalue weighted by atomic mass is 10.1. The van der Waals surface area contributed by atoms with Gasteiger partial charge in [-0.15, -0.1) is 0 Å². The van der Waals surface area contributed by atoms with Gasteiger partial charge in [0.25, 0.3) is 11.7 Å². The molecule has 1 amide bonds. The molecule has 3 N–H and O–H groups in total. The number of ether oxygens (including phenoxy) is 1. The Hall–Kier alpha value is -2.87. The third-order valence-electron chi connectivity index (χ3n) is 4.86. The second kappa shape index (κ2) is 9.36. The van der Waals surface area contributed by atoms with Crippen molar-refractivity contribution < 1.29 is 24.2 Å². The Morgan fingerprint density at radius 2 is 1.89 bits per heavy atom. The van der Waals surface area contributed by atoms with Crippen LogP contribution in [0, 0.1) is 6.92 Å². The molecule has 0 aliphatic heterocycles. The van der Waals surface area contributed by atoms with E-state index in [0.29, 0.717) is 23.1 Å². The molecule has 8 heteroatoms. The molecule has 0 spiro atoms. The minimum atomic E-state index is -1.13. The van der Waals surface area contributed by atoms with Crippen LogP contribution in [0.4, 0.5) is 0 Å². The molecule has 0 saturated heterocycles. The molecule has 8 nitrogen and oxygen atoms in total. The number of carboxylic acid groups (broad SMARTS) is 1. The van der Waals surface area contributed by atoms with E-state index < -0.39 is 24.3 Å². The second-order valence-corrected chi connectivity index (χ2v) is 6.52. The molecule has 1 heterocycles. The molecule has 152 valence electrons. The van der Waals surface area contributed by atoms with Gasteiger partial charge in [0, 0.05) is 12.2 Å². The number of carbonyl (C=O) groups excluding carboxylic acids is 2. The molecule has 0 saturated carbocycles. The first-order chi connectivity index (χ1) is 13.3. The Balaban J connectivity index is 2.51. The zero-order valence-corrected chi connectivity index (χ0v) is 16.5. The topological polar surface area (TPSA) is 115 Å². The maximum atomic E-state index is 12.5. The molecule has 2 aromatic rings. The van der Waals surface area contributed by atoms with E-state index in [1.165, 1.54) is 0 Å². The molecule has 0 radical (unpaired) electrons. The fourth-order valence-electron chi connectivity index (χ4n) is 3.43. The highest BCUT2D eigenvalue weighted by molar-refractivity contribution is 6.45. The zero-order chi connectivity index (χ0) is 20.8. The predicted octanol–water partition coefficient (Wildman–Crippen LogP) is 1.81. The van der Waals surface area contributed by atoms with Crippen molar-refractivity contribution >= 4 is 28.6 Å². The maximum absolute atomic E-state index is 12.5. The van der Waals surface area contributed by atoms with Crippen LogP contribution in [0.2, 0.25) is 0 Å². The van der Waals surface area contributed by atoms with Crippen LogP contribution in [0.1, 0.15) is 36.3 Å². The molecule has 1 aromatic heterocycles. The van der Waals surface area contributed by atoms with Crippen LogP contribution >= 0.6 is 0 Å². The number of aryl methyl sites for hydroxylation is 1. The van der Waals surface area contributed by atoms with E-state index in [9.17, 15) is 14.4 Å². The van der Waals surface area contributed by atoms with E-state index in [-0.39, 0.29) is 11.3 Å². The van der Waals surface area contributed by atoms with Crippen LogP contribution in [0.15, 0.2) is 18.2 Å². The first kappa shape index (κ1) is 21.4. The van der Waals surface area contributed by atoms with Crippen molar-refractivity contribution in [3.8, 4) is 5.75 Å². The number of Topliss-reactive ketones (excluding diaryl/α,β-unsaturated/α-hetero) is 1. The summed E-state index contributed by atoms with van der Waals surface area (Å²) in [5, 5.41) is 9.34. The number of hydrogen-bond donors (Lipinski definition) is 2. The van der Waals surface area contributed by atoms with E-state index in [2.05, 4.69) is 18.7 Å². The summed E-state index contributed by atoms with van der Waals surface area (Å²) in [7, 11) is 0. The number of primary amides is 1. The summed E-state index contributed by atoms with van der Waals surface area (Å²) >= 11 is 0. The smallest absolute Gasteiger partial charge is 0.341 e. The Labute approximate surface area is 163 Å². The molecule has 0 aliphatic rings. The van der Waals surface area contributed by atoms with Gasteiger partial charge in [0.2, 0.25) is 0 Å². The summed E-state index contributed by atoms with van der Waals surface area (Å²) in [6.07, 6.45) is 0.858. The van der Waals surface area contributed by atoms with Gasteiger partial charge in [-0.3, -0.25) is 9.59 Å². The number of aromatic nitrogens is 1. The number of aliphatic carboxylic acids is 1. The number of amides is 1. The SMILES string of the molecule is CCN(CC)CCCn1c(C)c(C(=O)C(N)=O)c2c(OCC(=O)O)cccc21. The van der Waals surface area contributed by atoms with Gasteiger partial charge in [-0.05, 0) is 45.1 Å². The molecule has 0 fully saturated rings. The fraction of sp³-hybridized carbons (Fsp3) is 0.450. The van der Waals surface area contributed by atoms with Crippen molar-refractivity contribution in [2.24, 2.45) is 5.73 Å². The van der Waals surface area contributed by atoms with E-state index in [1.807, 2.05) is 10.6 Å². The first-order valence-electron chi connectivity index (χ1n) is 9.34. The van der Waals surface area contributed by atoms with Gasteiger partial charge in [0.1, 0.15) is 5.75 Å². The van der Waals surface area contributed by atoms with Crippen LogP contribution in [0.25, 0.3) is 10.9 Å². The van der Waals surface area contributed by atoms with Crippen LogP contribution < -0.4 is 10.5 Å². The fourth-order valence-corrected chi connectivity index (χ4v) is 3.43. The zero-order valence-electron chi connectivity index (χ0n) is 16.5. The number of nitrogens with zero attached hydrogens (tertiary/aromatic N) is 2. The van der Waals surface area contributed by atoms with E-state index in [4.69, 9.17) is 15.6 Å². The van der Waals surface area contributed by atoms with Crippen molar-refractivity contribution in [2.75, 3.05) is 26.2 Å². The second-order valence-electron chi connectivity index (χ2n) is 6.52. The number of hydrogen-bond acceptors (Lipinski definition) is 5. The molecule has 0 aliphatic carbocycles. The molecule has 0 bridgehead atoms. The minimum absolute atomic E-state index is 0.173. The molecular weight excluding hydrogens is 362 g/mol. The summed E-state index contributed by atoms with van der Waals surface area (Å²) in [6, 6.07) is 5.15. The lowest BCUT2D eigenvalue weighted by Gasteiger charge is -2.18. The Bertz CT molecular complexity index is 884. The largest absolute Gasteiger partial charge is 0.481 e. The van der Waals surface area contributed by atoms with Gasteiger partial charge in [-0.25, -0.2) is 4.79 Å². The standard InChI is InChI=1S/C20H27N3O5/c1-4-22(5-2)10-7-11-23-13(3)17(19(26)20(21)27)18-14(23)8-6-9-15(18)28-12-16(24)25/h6,8-9H,4-5,7,10-12H2,1-3H3,(H2,21,27)(H,24,25). The average Bonchev–Trinajstić information content (AvgIpc) is 2.95. The van der Waals surface area contributed by atoms with Crippen molar-refractivity contribution in [1.29, 1.82) is 0 Å². The quantitative estimate of drug-likeness (QED) is 0.447. The summed E-state index contributed by atoms with van der Waals surface area (Å²) in [6.45, 7) is 8.89. The number of fused-ring (bicyclic) bond motifs is 1. The Morgan fingerprint density at radius 3 is 2.46 bits per heavy atom. The summed E-state index contributed by atoms with van der Waals surface area (Å²) in [5.41, 5.74) is 6.75. The molecule has 0 unspecified atom stereocenters. The number of carboxylic acids is 1. The van der Waals surface area contributed by atoms with Gasteiger partial charge in [0.15, 0.2) is 6.61 Å². The number of benzene rings is 1. The molecule has 0 atom stereocenters. The van der Waals surface area contributed by atoms with Gasteiger partial charge in [-0.1, -0.05) is 19.9 Å². The third-order valence-corrected chi connectivity index (χ3v) is 4.86. The van der Waals surface area contributed by atoms with Gasteiger partial charge in [-0.2, -0.15) is 0 Å². The predicted molar refractivity (Wildman–Crippen MR) is 106 cm³/mol. The van der Waals surface area contributed by atoms with Gasteiger partial charge < -0.3 is 25.0 Å². The Morgan fingerprint density at radius 1 is 1.21 bits per heavy atom. The lowest BCUT2D eigenvalue weighted by Crippen LogP contribution is -2.25. The van der Waals surface area contributed by atoms with Crippen LogP contribution in [0.3, 0.4) is 0 Å². The third kappa shape index (κ3) is 4.51. The minimum Gasteiger partial charge on any atom is -0.481 e. The van der Waals surface area contributed by atoms with Crippen molar-refractivity contribution in [1.82, 2.24) is 9.47 Å². The average molecular weight is 389 g/mol. The summed E-state index contributed by atoms with van der Waals surface area (Å²) < 4.78 is 7.33. The first-order valence-corrected chi connectivity index (χ1v) is 9.34. The van der Waals surface area contributed by atoms with Crippen LogP contribution in [-0.2, 0) is 16.1 Å². The number of carbonyl (C=O) groups is 3. The van der Waals surface area contributed by atoms with Crippen LogP contribution in [-0.4, -0.2) is 58.5 Å². The lowest BCUT2D eigenvalue weighted by molar-refractivity contribution is -0.139. The molecule has 28 heavy (non-hydrogen) atoms. The van der Waals surface area contributed by atoms with Crippen LogP contribution in [0.5, 0.6) is 5.75 Å². The molecule has 2 rings (SSSR count). The van der Waals surface area contributed by atoms with Gasteiger partial charge >= 0.3 is 5.97 Å². The monoisotopic (exact) mass is 389 g/mol. The Kier molecular flexibility index (Phi) is 7.17. The summed E-state index contributed by atoms with van der Waals surface area (Å²) in [4.78, 5) is 37.3. The number of ketones is 1. The highest BCUT2D eigenvalue weighted by Crippen LogP contribution is 2.34. The van der Waals surface area contributed by atoms with Crippen molar-refractivity contribution in [2.45, 2.75) is 33.7 Å². The molecular formula is C20H27N3O5. The highest BCUT2D eigenvalue weighted by Gasteiger charge is 2.26. The van der Waals surface area contributed by atoms with Crippen molar-refractivity contribution in [3.63, 3.8) is 0 Å². The number of rotatable bonds is 11. The van der Waals surface area contributed by atoms with Crippen molar-refractivity contribution in [3.05, 3.63) is 29.5 Å². The maximum Gasteiger partial charge on any atom is 0.341 e. The normalized spacial score (nSPS) is 11.1. The van der Waals surface area contributed by atoms with E-state index in [1.54, 1.807) is 19.1 Å². The van der Waals surface area contributed by atoms with E-state index in [0.717, 1.165) is 26.1 Å². The van der Waals surface area contributed by atoms with Gasteiger partial charge in [0.05, 0.1) is 16.5 Å².